The van der Waals surface area contributed by atoms with E-state index in [1.165, 1.54) is 0 Å². The molecule has 4 rings (SSSR count). The first-order valence-corrected chi connectivity index (χ1v) is 13.7. The molecule has 0 aliphatic heterocycles. The highest BCUT2D eigenvalue weighted by Crippen LogP contribution is 2.32. The van der Waals surface area contributed by atoms with Crippen molar-refractivity contribution in [1.82, 2.24) is 5.32 Å². The van der Waals surface area contributed by atoms with Crippen LogP contribution in [-0.2, 0) is 24.6 Å². The number of halogens is 1. The molecule has 0 aliphatic rings. The second-order valence-electron chi connectivity index (χ2n) is 9.29. The summed E-state index contributed by atoms with van der Waals surface area (Å²) in [6.45, 7) is 3.70. The number of Topliss-reactive ketones (excluding diaryl/α,β-unsaturated/α-hetero) is 1. The Bertz CT molecular complexity index is 1450. The third-order valence-corrected chi connectivity index (χ3v) is 7.18. The standard InChI is InChI=1S/C33H31BrN2O3/c1-24(37)8-7-17-36-21-28-15-16-30(19-32(28)39-22-26-10-5-9-25(18-26)20-35)38-23-29-13-6-14-31(33(29)34)27-11-3-2-4-12-27/h2-6,9-16,18-19,36H,7-8,17,21-23H2,1H3. The monoisotopic (exact) mass is 582 g/mol. The number of hydrogen-bond acceptors (Lipinski definition) is 5. The number of nitrogens with one attached hydrogen (secondary N) is 1. The number of nitriles is 1. The van der Waals surface area contributed by atoms with Crippen LogP contribution in [-0.4, -0.2) is 12.3 Å². The highest BCUT2D eigenvalue weighted by Gasteiger charge is 2.11. The van der Waals surface area contributed by atoms with Gasteiger partial charge < -0.3 is 19.6 Å². The fraction of sp³-hybridized carbons (Fsp3) is 0.212. The minimum atomic E-state index is 0.197. The molecule has 4 aromatic rings. The van der Waals surface area contributed by atoms with Crippen molar-refractivity contribution in [1.29, 1.82) is 5.26 Å². The molecule has 0 bridgehead atoms. The van der Waals surface area contributed by atoms with Crippen LogP contribution in [0.5, 0.6) is 11.5 Å². The zero-order chi connectivity index (χ0) is 27.5. The molecule has 0 saturated carbocycles. The highest BCUT2D eigenvalue weighted by atomic mass is 79.9. The van der Waals surface area contributed by atoms with Gasteiger partial charge in [0.1, 0.15) is 30.5 Å². The molecule has 0 atom stereocenters. The van der Waals surface area contributed by atoms with Crippen molar-refractivity contribution in [3.05, 3.63) is 118 Å². The lowest BCUT2D eigenvalue weighted by atomic mass is 10.0. The predicted molar refractivity (Wildman–Crippen MR) is 157 cm³/mol. The van der Waals surface area contributed by atoms with Crippen molar-refractivity contribution in [2.45, 2.75) is 39.5 Å². The number of rotatable bonds is 13. The van der Waals surface area contributed by atoms with Crippen LogP contribution in [0.4, 0.5) is 0 Å². The second-order valence-corrected chi connectivity index (χ2v) is 10.1. The van der Waals surface area contributed by atoms with E-state index in [9.17, 15) is 10.1 Å². The molecular weight excluding hydrogens is 552 g/mol. The van der Waals surface area contributed by atoms with Crippen molar-refractivity contribution >= 4 is 21.7 Å². The van der Waals surface area contributed by atoms with Gasteiger partial charge in [-0.1, -0.05) is 66.7 Å². The van der Waals surface area contributed by atoms with Gasteiger partial charge in [-0.2, -0.15) is 5.26 Å². The Kier molecular flexibility index (Phi) is 10.3. The van der Waals surface area contributed by atoms with E-state index in [0.29, 0.717) is 43.2 Å². The normalized spacial score (nSPS) is 10.6. The number of hydrogen-bond donors (Lipinski definition) is 1. The van der Waals surface area contributed by atoms with Crippen LogP contribution in [0.3, 0.4) is 0 Å². The van der Waals surface area contributed by atoms with Gasteiger partial charge in [-0.3, -0.25) is 0 Å². The molecule has 0 amide bonds. The highest BCUT2D eigenvalue weighted by molar-refractivity contribution is 9.10. The molecule has 0 radical (unpaired) electrons. The molecule has 0 saturated heterocycles. The third kappa shape index (κ3) is 8.28. The summed E-state index contributed by atoms with van der Waals surface area (Å²) < 4.78 is 13.4. The lowest BCUT2D eigenvalue weighted by Crippen LogP contribution is -2.16. The maximum Gasteiger partial charge on any atom is 0.129 e. The molecule has 6 heteroatoms. The third-order valence-electron chi connectivity index (χ3n) is 6.24. The van der Waals surface area contributed by atoms with Crippen LogP contribution in [0, 0.1) is 11.3 Å². The van der Waals surface area contributed by atoms with Crippen molar-refractivity contribution < 1.29 is 14.3 Å². The van der Waals surface area contributed by atoms with E-state index in [1.54, 1.807) is 13.0 Å². The molecule has 0 aromatic heterocycles. The molecule has 0 heterocycles. The molecule has 0 unspecified atom stereocenters. The average molecular weight is 584 g/mol. The first-order chi connectivity index (χ1) is 19.0. The zero-order valence-corrected chi connectivity index (χ0v) is 23.5. The summed E-state index contributed by atoms with van der Waals surface area (Å²) in [6, 6.07) is 31.9. The minimum Gasteiger partial charge on any atom is -0.489 e. The van der Waals surface area contributed by atoms with Crippen LogP contribution in [0.1, 0.15) is 42.0 Å². The van der Waals surface area contributed by atoms with Gasteiger partial charge in [-0.25, -0.2) is 0 Å². The maximum atomic E-state index is 11.2. The van der Waals surface area contributed by atoms with Crippen molar-refractivity contribution in [2.24, 2.45) is 0 Å². The molecule has 0 aliphatic carbocycles. The van der Waals surface area contributed by atoms with Gasteiger partial charge in [0.15, 0.2) is 0 Å². The summed E-state index contributed by atoms with van der Waals surface area (Å²) in [4.78, 5) is 11.2. The average Bonchev–Trinajstić information content (AvgIpc) is 2.96. The first-order valence-electron chi connectivity index (χ1n) is 12.9. The largest absolute Gasteiger partial charge is 0.489 e. The van der Waals surface area contributed by atoms with Gasteiger partial charge in [-0.05, 0) is 70.7 Å². The molecular formula is C33H31BrN2O3. The number of carbonyl (C=O) groups is 1. The van der Waals surface area contributed by atoms with Crippen LogP contribution >= 0.6 is 15.9 Å². The molecule has 4 aromatic carbocycles. The summed E-state index contributed by atoms with van der Waals surface area (Å²) in [5.41, 5.74) is 5.82. The van der Waals surface area contributed by atoms with E-state index < -0.39 is 0 Å². The molecule has 5 nitrogen and oxygen atoms in total. The van der Waals surface area contributed by atoms with Gasteiger partial charge in [0.25, 0.3) is 0 Å². The van der Waals surface area contributed by atoms with Gasteiger partial charge >= 0.3 is 0 Å². The van der Waals surface area contributed by atoms with E-state index in [0.717, 1.165) is 45.3 Å². The van der Waals surface area contributed by atoms with Crippen LogP contribution in [0.15, 0.2) is 95.5 Å². The van der Waals surface area contributed by atoms with Crippen LogP contribution < -0.4 is 14.8 Å². The van der Waals surface area contributed by atoms with Crippen LogP contribution in [0.25, 0.3) is 11.1 Å². The summed E-state index contributed by atoms with van der Waals surface area (Å²) >= 11 is 3.77. The minimum absolute atomic E-state index is 0.197. The Morgan fingerprint density at radius 3 is 2.51 bits per heavy atom. The van der Waals surface area contributed by atoms with E-state index in [4.69, 9.17) is 9.47 Å². The van der Waals surface area contributed by atoms with Crippen molar-refractivity contribution in [3.8, 4) is 28.7 Å². The van der Waals surface area contributed by atoms with Gasteiger partial charge in [-0.15, -0.1) is 0 Å². The fourth-order valence-corrected chi connectivity index (χ4v) is 4.78. The fourth-order valence-electron chi connectivity index (χ4n) is 4.18. The lowest BCUT2D eigenvalue weighted by molar-refractivity contribution is -0.117. The Labute approximate surface area is 238 Å². The molecule has 198 valence electrons. The van der Waals surface area contributed by atoms with Crippen LogP contribution in [0.2, 0.25) is 0 Å². The topological polar surface area (TPSA) is 71.3 Å². The summed E-state index contributed by atoms with van der Waals surface area (Å²) in [5, 5.41) is 12.6. The number of benzene rings is 4. The van der Waals surface area contributed by atoms with E-state index in [-0.39, 0.29) is 5.78 Å². The Hall–Kier alpha value is -3.92. The molecule has 1 N–H and O–H groups in total. The van der Waals surface area contributed by atoms with Crippen molar-refractivity contribution in [2.75, 3.05) is 6.54 Å². The second kappa shape index (κ2) is 14.3. The van der Waals surface area contributed by atoms with Gasteiger partial charge in [0, 0.05) is 34.6 Å². The SMILES string of the molecule is CC(=O)CCCNCc1ccc(OCc2cccc(-c3ccccc3)c2Br)cc1OCc1cccc(C#N)c1. The van der Waals surface area contributed by atoms with E-state index in [1.807, 2.05) is 60.7 Å². The molecule has 0 spiro atoms. The Morgan fingerprint density at radius 2 is 1.72 bits per heavy atom. The Balaban J connectivity index is 1.48. The van der Waals surface area contributed by atoms with Gasteiger partial charge in [0.05, 0.1) is 11.6 Å². The number of nitrogens with zero attached hydrogens (tertiary/aromatic N) is 1. The number of carbonyl (C=O) groups excluding carboxylic acids is 1. The maximum absolute atomic E-state index is 11.2. The van der Waals surface area contributed by atoms with E-state index in [2.05, 4.69) is 51.6 Å². The number of ketones is 1. The first kappa shape index (κ1) is 28.1. The smallest absolute Gasteiger partial charge is 0.129 e. The summed E-state index contributed by atoms with van der Waals surface area (Å²) in [7, 11) is 0. The van der Waals surface area contributed by atoms with Crippen molar-refractivity contribution in [3.63, 3.8) is 0 Å². The summed E-state index contributed by atoms with van der Waals surface area (Å²) in [5.74, 6) is 1.61. The van der Waals surface area contributed by atoms with E-state index >= 15 is 0 Å². The molecule has 39 heavy (non-hydrogen) atoms. The molecule has 0 fully saturated rings. The quantitative estimate of drug-likeness (QED) is 0.164. The predicted octanol–water partition coefficient (Wildman–Crippen LogP) is 7.60. The van der Waals surface area contributed by atoms with Gasteiger partial charge in [0.2, 0.25) is 0 Å². The number of ether oxygens (including phenoxy) is 2. The summed E-state index contributed by atoms with van der Waals surface area (Å²) in [6.07, 6.45) is 1.37. The lowest BCUT2D eigenvalue weighted by Gasteiger charge is -2.16. The zero-order valence-electron chi connectivity index (χ0n) is 22.0. The Morgan fingerprint density at radius 1 is 0.897 bits per heavy atom.